The van der Waals surface area contributed by atoms with Crippen molar-refractivity contribution in [1.82, 2.24) is 14.5 Å². The van der Waals surface area contributed by atoms with E-state index in [1.54, 1.807) is 0 Å². The SMILES string of the molecule is CC1CCC(CCCn2ccnc2)CN1C. The van der Waals surface area contributed by atoms with Crippen LogP contribution in [0, 0.1) is 5.92 Å². The quantitative estimate of drug-likeness (QED) is 0.778. The monoisotopic (exact) mass is 221 g/mol. The molecule has 3 heteroatoms. The van der Waals surface area contributed by atoms with E-state index in [9.17, 15) is 0 Å². The Kier molecular flexibility index (Phi) is 3.99. The molecule has 1 aliphatic heterocycles. The molecule has 1 aliphatic rings. The second-order valence-electron chi connectivity index (χ2n) is 5.17. The zero-order chi connectivity index (χ0) is 11.4. The van der Waals surface area contributed by atoms with E-state index >= 15 is 0 Å². The van der Waals surface area contributed by atoms with Gasteiger partial charge in [-0.15, -0.1) is 0 Å². The van der Waals surface area contributed by atoms with Gasteiger partial charge in [0.2, 0.25) is 0 Å². The van der Waals surface area contributed by atoms with Crippen molar-refractivity contribution in [3.63, 3.8) is 0 Å². The fourth-order valence-corrected chi connectivity index (χ4v) is 2.59. The summed E-state index contributed by atoms with van der Waals surface area (Å²) in [5.41, 5.74) is 0. The number of hydrogen-bond donors (Lipinski definition) is 0. The van der Waals surface area contributed by atoms with Gasteiger partial charge in [0.1, 0.15) is 0 Å². The third-order valence-corrected chi connectivity index (χ3v) is 3.88. The van der Waals surface area contributed by atoms with Gasteiger partial charge in [0, 0.05) is 31.5 Å². The first-order valence-electron chi connectivity index (χ1n) is 6.41. The topological polar surface area (TPSA) is 21.1 Å². The number of aryl methyl sites for hydroxylation is 1. The Bertz CT molecular complexity index is 294. The van der Waals surface area contributed by atoms with E-state index in [2.05, 4.69) is 34.6 Å². The molecule has 16 heavy (non-hydrogen) atoms. The Morgan fingerprint density at radius 1 is 1.38 bits per heavy atom. The first kappa shape index (κ1) is 11.6. The molecular weight excluding hydrogens is 198 g/mol. The third-order valence-electron chi connectivity index (χ3n) is 3.88. The molecule has 1 fully saturated rings. The average Bonchev–Trinajstić information content (AvgIpc) is 2.76. The maximum Gasteiger partial charge on any atom is 0.0945 e. The van der Waals surface area contributed by atoms with Crippen LogP contribution in [0.1, 0.15) is 32.6 Å². The molecule has 0 saturated carbocycles. The van der Waals surface area contributed by atoms with Gasteiger partial charge in [0.25, 0.3) is 0 Å². The van der Waals surface area contributed by atoms with Crippen LogP contribution in [0.25, 0.3) is 0 Å². The smallest absolute Gasteiger partial charge is 0.0945 e. The summed E-state index contributed by atoms with van der Waals surface area (Å²) >= 11 is 0. The van der Waals surface area contributed by atoms with E-state index in [4.69, 9.17) is 0 Å². The largest absolute Gasteiger partial charge is 0.337 e. The standard InChI is InChI=1S/C13H23N3/c1-12-5-6-13(10-15(12)2)4-3-8-16-9-7-14-11-16/h7,9,11-13H,3-6,8,10H2,1-2H3. The summed E-state index contributed by atoms with van der Waals surface area (Å²) in [6.45, 7) is 4.74. The fraction of sp³-hybridized carbons (Fsp3) is 0.769. The molecule has 90 valence electrons. The molecule has 0 aliphatic carbocycles. The van der Waals surface area contributed by atoms with Crippen molar-refractivity contribution in [1.29, 1.82) is 0 Å². The van der Waals surface area contributed by atoms with Crippen LogP contribution in [0.15, 0.2) is 18.7 Å². The van der Waals surface area contributed by atoms with E-state index in [0.717, 1.165) is 18.5 Å². The second kappa shape index (κ2) is 5.48. The third kappa shape index (κ3) is 3.08. The van der Waals surface area contributed by atoms with Crippen LogP contribution in [0.5, 0.6) is 0 Å². The van der Waals surface area contributed by atoms with Crippen molar-refractivity contribution in [3.05, 3.63) is 18.7 Å². The van der Waals surface area contributed by atoms with Crippen LogP contribution in [0.4, 0.5) is 0 Å². The Morgan fingerprint density at radius 3 is 2.94 bits per heavy atom. The number of piperidine rings is 1. The van der Waals surface area contributed by atoms with Crippen molar-refractivity contribution < 1.29 is 0 Å². The van der Waals surface area contributed by atoms with Crippen LogP contribution in [0.3, 0.4) is 0 Å². The molecule has 2 atom stereocenters. The summed E-state index contributed by atoms with van der Waals surface area (Å²) in [5.74, 6) is 0.907. The van der Waals surface area contributed by atoms with E-state index in [0.29, 0.717) is 0 Å². The highest BCUT2D eigenvalue weighted by Gasteiger charge is 2.21. The number of rotatable bonds is 4. The van der Waals surface area contributed by atoms with Gasteiger partial charge in [-0.1, -0.05) is 0 Å². The lowest BCUT2D eigenvalue weighted by Crippen LogP contribution is -2.38. The van der Waals surface area contributed by atoms with Gasteiger partial charge in [-0.2, -0.15) is 0 Å². The summed E-state index contributed by atoms with van der Waals surface area (Å²) in [6, 6.07) is 0.782. The van der Waals surface area contributed by atoms with Crippen LogP contribution in [-0.4, -0.2) is 34.1 Å². The molecule has 0 bridgehead atoms. The number of aromatic nitrogens is 2. The molecule has 2 heterocycles. The lowest BCUT2D eigenvalue weighted by molar-refractivity contribution is 0.142. The minimum atomic E-state index is 0.782. The normalized spacial score (nSPS) is 27.1. The highest BCUT2D eigenvalue weighted by molar-refractivity contribution is 4.77. The Hall–Kier alpha value is -0.830. The van der Waals surface area contributed by atoms with Crippen LogP contribution in [0.2, 0.25) is 0 Å². The molecule has 1 saturated heterocycles. The minimum absolute atomic E-state index is 0.782. The summed E-state index contributed by atoms with van der Waals surface area (Å²) < 4.78 is 2.18. The lowest BCUT2D eigenvalue weighted by atomic mass is 9.90. The number of nitrogens with zero attached hydrogens (tertiary/aromatic N) is 3. The van der Waals surface area contributed by atoms with Gasteiger partial charge in [0.15, 0.2) is 0 Å². The number of imidazole rings is 1. The first-order chi connectivity index (χ1) is 7.75. The van der Waals surface area contributed by atoms with Crippen LogP contribution >= 0.6 is 0 Å². The molecular formula is C13H23N3. The molecule has 2 unspecified atom stereocenters. The highest BCUT2D eigenvalue weighted by Crippen LogP contribution is 2.23. The van der Waals surface area contributed by atoms with Crippen molar-refractivity contribution in [2.24, 2.45) is 5.92 Å². The molecule has 1 aromatic heterocycles. The average molecular weight is 221 g/mol. The molecule has 0 spiro atoms. The van der Waals surface area contributed by atoms with Crippen molar-refractivity contribution in [2.45, 2.75) is 45.2 Å². The van der Waals surface area contributed by atoms with Gasteiger partial charge >= 0.3 is 0 Å². The highest BCUT2D eigenvalue weighted by atomic mass is 15.1. The molecule has 0 aromatic carbocycles. The zero-order valence-corrected chi connectivity index (χ0v) is 10.5. The number of hydrogen-bond acceptors (Lipinski definition) is 2. The molecule has 1 aromatic rings. The Labute approximate surface area is 98.5 Å². The van der Waals surface area contributed by atoms with E-state index in [1.165, 1.54) is 32.2 Å². The number of likely N-dealkylation sites (tertiary alicyclic amines) is 1. The summed E-state index contributed by atoms with van der Waals surface area (Å²) in [5, 5.41) is 0. The molecule has 3 nitrogen and oxygen atoms in total. The predicted molar refractivity (Wildman–Crippen MR) is 66.3 cm³/mol. The zero-order valence-electron chi connectivity index (χ0n) is 10.5. The summed E-state index contributed by atoms with van der Waals surface area (Å²) in [7, 11) is 2.26. The van der Waals surface area contributed by atoms with Crippen molar-refractivity contribution >= 4 is 0 Å². The molecule has 0 N–H and O–H groups in total. The molecule has 2 rings (SSSR count). The minimum Gasteiger partial charge on any atom is -0.337 e. The van der Waals surface area contributed by atoms with Crippen molar-refractivity contribution in [3.8, 4) is 0 Å². The Morgan fingerprint density at radius 2 is 2.25 bits per heavy atom. The molecule has 0 amide bonds. The van der Waals surface area contributed by atoms with Gasteiger partial charge in [-0.25, -0.2) is 4.98 Å². The molecule has 0 radical (unpaired) electrons. The van der Waals surface area contributed by atoms with Gasteiger partial charge in [-0.3, -0.25) is 0 Å². The van der Waals surface area contributed by atoms with Gasteiger partial charge in [0.05, 0.1) is 6.33 Å². The van der Waals surface area contributed by atoms with Crippen molar-refractivity contribution in [2.75, 3.05) is 13.6 Å². The van der Waals surface area contributed by atoms with Gasteiger partial charge < -0.3 is 9.47 Å². The van der Waals surface area contributed by atoms with E-state index in [1.807, 2.05) is 12.5 Å². The van der Waals surface area contributed by atoms with Gasteiger partial charge in [-0.05, 0) is 45.6 Å². The summed E-state index contributed by atoms with van der Waals surface area (Å²) in [4.78, 5) is 6.57. The maximum absolute atomic E-state index is 4.06. The van der Waals surface area contributed by atoms with E-state index in [-0.39, 0.29) is 0 Å². The summed E-state index contributed by atoms with van der Waals surface area (Å²) in [6.07, 6.45) is 11.2. The fourth-order valence-electron chi connectivity index (χ4n) is 2.59. The second-order valence-corrected chi connectivity index (χ2v) is 5.17. The maximum atomic E-state index is 4.06. The first-order valence-corrected chi connectivity index (χ1v) is 6.41. The predicted octanol–water partition coefficient (Wildman–Crippen LogP) is 2.39. The van der Waals surface area contributed by atoms with E-state index < -0.39 is 0 Å². The lowest BCUT2D eigenvalue weighted by Gasteiger charge is -2.35. The van der Waals surface area contributed by atoms with Crippen LogP contribution < -0.4 is 0 Å². The Balaban J connectivity index is 1.67. The van der Waals surface area contributed by atoms with Crippen LogP contribution in [-0.2, 0) is 6.54 Å².